The van der Waals surface area contributed by atoms with Crippen LogP contribution in [-0.2, 0) is 16.4 Å². The van der Waals surface area contributed by atoms with E-state index >= 15 is 0 Å². The SMILES string of the molecule is O=C(NCCc1cccs1)c1ccc(S(=O)(=O)N2CCCC2)s1. The molecular formula is C15H18N2O3S3. The summed E-state index contributed by atoms with van der Waals surface area (Å²) >= 11 is 2.70. The zero-order valence-electron chi connectivity index (χ0n) is 12.5. The first-order chi connectivity index (χ1) is 11.1. The van der Waals surface area contributed by atoms with E-state index in [9.17, 15) is 13.2 Å². The van der Waals surface area contributed by atoms with Crippen molar-refractivity contribution in [2.24, 2.45) is 0 Å². The van der Waals surface area contributed by atoms with Crippen LogP contribution >= 0.6 is 22.7 Å². The molecule has 3 heterocycles. The van der Waals surface area contributed by atoms with E-state index in [1.807, 2.05) is 17.5 Å². The van der Waals surface area contributed by atoms with E-state index in [2.05, 4.69) is 5.32 Å². The second kappa shape index (κ2) is 7.12. The Labute approximate surface area is 144 Å². The van der Waals surface area contributed by atoms with E-state index in [0.29, 0.717) is 24.5 Å². The molecule has 5 nitrogen and oxygen atoms in total. The van der Waals surface area contributed by atoms with Crippen LogP contribution in [0.1, 0.15) is 27.4 Å². The Bertz CT molecular complexity index is 760. The topological polar surface area (TPSA) is 66.5 Å². The van der Waals surface area contributed by atoms with Crippen LogP contribution in [0.5, 0.6) is 0 Å². The standard InChI is InChI=1S/C15H18N2O3S3/c18-15(16-8-7-12-4-3-11-21-12)13-5-6-14(22-13)23(19,20)17-9-1-2-10-17/h3-6,11H,1-2,7-10H2,(H,16,18). The summed E-state index contributed by atoms with van der Waals surface area (Å²) in [6.45, 7) is 1.69. The number of sulfonamides is 1. The van der Waals surface area contributed by atoms with Crippen LogP contribution in [0.2, 0.25) is 0 Å². The fraction of sp³-hybridized carbons (Fsp3) is 0.400. The molecule has 0 saturated carbocycles. The molecule has 0 aliphatic carbocycles. The van der Waals surface area contributed by atoms with Gasteiger partial charge in [-0.05, 0) is 42.8 Å². The molecule has 0 radical (unpaired) electrons. The largest absolute Gasteiger partial charge is 0.351 e. The molecule has 2 aromatic heterocycles. The minimum Gasteiger partial charge on any atom is -0.351 e. The van der Waals surface area contributed by atoms with Gasteiger partial charge in [-0.3, -0.25) is 4.79 Å². The van der Waals surface area contributed by atoms with Crippen molar-refractivity contribution in [1.82, 2.24) is 9.62 Å². The summed E-state index contributed by atoms with van der Waals surface area (Å²) in [6.07, 6.45) is 2.59. The summed E-state index contributed by atoms with van der Waals surface area (Å²) in [5, 5.41) is 4.85. The van der Waals surface area contributed by atoms with Gasteiger partial charge in [0.2, 0.25) is 0 Å². The molecular weight excluding hydrogens is 352 g/mol. The van der Waals surface area contributed by atoms with Crippen LogP contribution < -0.4 is 5.32 Å². The lowest BCUT2D eigenvalue weighted by Crippen LogP contribution is -2.27. The molecule has 1 amide bonds. The molecule has 1 saturated heterocycles. The molecule has 0 unspecified atom stereocenters. The summed E-state index contributed by atoms with van der Waals surface area (Å²) in [4.78, 5) is 13.8. The van der Waals surface area contributed by atoms with Crippen LogP contribution in [-0.4, -0.2) is 38.3 Å². The first kappa shape index (κ1) is 16.6. The van der Waals surface area contributed by atoms with Gasteiger partial charge in [0.1, 0.15) is 4.21 Å². The molecule has 2 aromatic rings. The van der Waals surface area contributed by atoms with Gasteiger partial charge in [-0.25, -0.2) is 8.42 Å². The number of amides is 1. The van der Waals surface area contributed by atoms with Crippen LogP contribution in [0.15, 0.2) is 33.9 Å². The second-order valence-corrected chi connectivity index (χ2v) is 9.60. The number of thiophene rings is 2. The minimum absolute atomic E-state index is 0.213. The molecule has 3 rings (SSSR count). The number of hydrogen-bond donors (Lipinski definition) is 1. The fourth-order valence-corrected chi connectivity index (χ4v) is 6.08. The zero-order chi connectivity index (χ0) is 16.3. The van der Waals surface area contributed by atoms with Gasteiger partial charge in [0.25, 0.3) is 15.9 Å². The highest BCUT2D eigenvalue weighted by Crippen LogP contribution is 2.27. The number of carbonyl (C=O) groups excluding carboxylic acids is 1. The third-order valence-electron chi connectivity index (χ3n) is 3.70. The summed E-state index contributed by atoms with van der Waals surface area (Å²) in [7, 11) is -3.43. The van der Waals surface area contributed by atoms with Crippen molar-refractivity contribution in [3.05, 3.63) is 39.4 Å². The van der Waals surface area contributed by atoms with Crippen molar-refractivity contribution >= 4 is 38.6 Å². The molecule has 0 spiro atoms. The quantitative estimate of drug-likeness (QED) is 0.850. The lowest BCUT2D eigenvalue weighted by atomic mass is 10.3. The van der Waals surface area contributed by atoms with Crippen molar-refractivity contribution in [3.8, 4) is 0 Å². The molecule has 1 fully saturated rings. The number of hydrogen-bond acceptors (Lipinski definition) is 5. The van der Waals surface area contributed by atoms with Gasteiger partial charge >= 0.3 is 0 Å². The Morgan fingerprint density at radius 1 is 1.22 bits per heavy atom. The first-order valence-electron chi connectivity index (χ1n) is 7.48. The molecule has 8 heteroatoms. The van der Waals surface area contributed by atoms with Gasteiger partial charge in [-0.15, -0.1) is 22.7 Å². The highest BCUT2D eigenvalue weighted by atomic mass is 32.2. The fourth-order valence-electron chi connectivity index (χ4n) is 2.48. The smallest absolute Gasteiger partial charge is 0.261 e. The molecule has 1 aliphatic heterocycles. The summed E-state index contributed by atoms with van der Waals surface area (Å²) in [5.74, 6) is -0.213. The molecule has 0 bridgehead atoms. The summed E-state index contributed by atoms with van der Waals surface area (Å²) in [6, 6.07) is 7.14. The predicted molar refractivity (Wildman–Crippen MR) is 92.7 cm³/mol. The number of nitrogens with zero attached hydrogens (tertiary/aromatic N) is 1. The molecule has 0 aromatic carbocycles. The Balaban J connectivity index is 1.60. The predicted octanol–water partition coefficient (Wildman–Crippen LogP) is 2.57. The number of rotatable bonds is 6. The Hall–Kier alpha value is -1.22. The van der Waals surface area contributed by atoms with Gasteiger partial charge in [0.15, 0.2) is 0 Å². The van der Waals surface area contributed by atoms with E-state index in [1.165, 1.54) is 15.2 Å². The molecule has 23 heavy (non-hydrogen) atoms. The van der Waals surface area contributed by atoms with Gasteiger partial charge in [-0.1, -0.05) is 6.07 Å². The van der Waals surface area contributed by atoms with E-state index in [-0.39, 0.29) is 10.1 Å². The van der Waals surface area contributed by atoms with Crippen molar-refractivity contribution in [2.45, 2.75) is 23.5 Å². The van der Waals surface area contributed by atoms with E-state index in [0.717, 1.165) is 30.6 Å². The monoisotopic (exact) mass is 370 g/mol. The summed E-state index contributed by atoms with van der Waals surface area (Å²) in [5.41, 5.74) is 0. The number of carbonyl (C=O) groups is 1. The highest BCUT2D eigenvalue weighted by Gasteiger charge is 2.29. The van der Waals surface area contributed by atoms with Crippen molar-refractivity contribution in [3.63, 3.8) is 0 Å². The summed E-state index contributed by atoms with van der Waals surface area (Å²) < 4.78 is 26.6. The Kier molecular flexibility index (Phi) is 5.15. The average Bonchev–Trinajstić information content (AvgIpc) is 3.27. The van der Waals surface area contributed by atoms with Gasteiger partial charge in [0.05, 0.1) is 4.88 Å². The van der Waals surface area contributed by atoms with E-state index in [1.54, 1.807) is 17.4 Å². The normalized spacial score (nSPS) is 15.8. The highest BCUT2D eigenvalue weighted by molar-refractivity contribution is 7.91. The van der Waals surface area contributed by atoms with Gasteiger partial charge in [-0.2, -0.15) is 4.31 Å². The second-order valence-electron chi connectivity index (χ2n) is 5.32. The zero-order valence-corrected chi connectivity index (χ0v) is 15.0. The molecule has 1 N–H and O–H groups in total. The average molecular weight is 371 g/mol. The first-order valence-corrected chi connectivity index (χ1v) is 10.6. The van der Waals surface area contributed by atoms with Crippen molar-refractivity contribution < 1.29 is 13.2 Å². The maximum atomic E-state index is 12.4. The Morgan fingerprint density at radius 3 is 2.70 bits per heavy atom. The van der Waals surface area contributed by atoms with Crippen LogP contribution in [0.3, 0.4) is 0 Å². The van der Waals surface area contributed by atoms with Crippen molar-refractivity contribution in [2.75, 3.05) is 19.6 Å². The lowest BCUT2D eigenvalue weighted by molar-refractivity contribution is 0.0958. The van der Waals surface area contributed by atoms with Crippen molar-refractivity contribution in [1.29, 1.82) is 0 Å². The Morgan fingerprint density at radius 2 is 2.00 bits per heavy atom. The maximum Gasteiger partial charge on any atom is 0.261 e. The lowest BCUT2D eigenvalue weighted by Gasteiger charge is -2.13. The van der Waals surface area contributed by atoms with Crippen LogP contribution in [0, 0.1) is 0 Å². The van der Waals surface area contributed by atoms with Gasteiger partial charge in [0, 0.05) is 24.5 Å². The minimum atomic E-state index is -3.43. The molecule has 0 atom stereocenters. The van der Waals surface area contributed by atoms with Crippen LogP contribution in [0.4, 0.5) is 0 Å². The third-order valence-corrected chi connectivity index (χ3v) is 8.09. The third kappa shape index (κ3) is 3.82. The maximum absolute atomic E-state index is 12.4. The van der Waals surface area contributed by atoms with E-state index in [4.69, 9.17) is 0 Å². The number of nitrogens with one attached hydrogen (secondary N) is 1. The van der Waals surface area contributed by atoms with Crippen LogP contribution in [0.25, 0.3) is 0 Å². The van der Waals surface area contributed by atoms with E-state index < -0.39 is 10.0 Å². The molecule has 124 valence electrons. The molecule has 1 aliphatic rings. The van der Waals surface area contributed by atoms with Gasteiger partial charge < -0.3 is 5.32 Å².